The van der Waals surface area contributed by atoms with E-state index in [0.717, 1.165) is 12.8 Å². The van der Waals surface area contributed by atoms with Crippen molar-refractivity contribution in [1.29, 1.82) is 0 Å². The van der Waals surface area contributed by atoms with Crippen molar-refractivity contribution in [3.63, 3.8) is 0 Å². The Morgan fingerprint density at radius 1 is 1.22 bits per heavy atom. The molecule has 37 heavy (non-hydrogen) atoms. The van der Waals surface area contributed by atoms with Gasteiger partial charge in [-0.1, -0.05) is 41.9 Å². The van der Waals surface area contributed by atoms with E-state index in [1.54, 1.807) is 24.3 Å². The fraction of sp³-hybridized carbons (Fsp3) is 0.280. The summed E-state index contributed by atoms with van der Waals surface area (Å²) in [5.74, 6) is -2.54. The third-order valence-electron chi connectivity index (χ3n) is 5.99. The van der Waals surface area contributed by atoms with Gasteiger partial charge in [0.05, 0.1) is 11.8 Å². The summed E-state index contributed by atoms with van der Waals surface area (Å²) in [6.07, 6.45) is 1.56. The molecule has 2 atom stereocenters. The minimum Gasteiger partial charge on any atom is -0.395 e. The number of anilines is 1. The van der Waals surface area contributed by atoms with E-state index < -0.39 is 29.6 Å². The van der Waals surface area contributed by atoms with Crippen LogP contribution in [0.3, 0.4) is 0 Å². The number of primary amides is 1. The first-order valence-electron chi connectivity index (χ1n) is 11.5. The van der Waals surface area contributed by atoms with Crippen LogP contribution in [-0.4, -0.2) is 46.3 Å². The first kappa shape index (κ1) is 26.5. The molecule has 2 aromatic carbocycles. The second kappa shape index (κ2) is 11.7. The molecule has 9 nitrogen and oxygen atoms in total. The third-order valence-corrected chi connectivity index (χ3v) is 7.21. The maximum Gasteiger partial charge on any atom is 0.270 e. The van der Waals surface area contributed by atoms with Crippen LogP contribution in [0.2, 0.25) is 5.02 Å². The van der Waals surface area contributed by atoms with Gasteiger partial charge in [0.2, 0.25) is 5.91 Å². The van der Waals surface area contributed by atoms with Crippen LogP contribution in [0.25, 0.3) is 0 Å². The summed E-state index contributed by atoms with van der Waals surface area (Å²) >= 11 is 7.10. The molecule has 1 aromatic heterocycles. The summed E-state index contributed by atoms with van der Waals surface area (Å²) in [7, 11) is 0. The molecular formula is C25H25ClFN5O4S. The molecule has 1 saturated heterocycles. The molecule has 4 rings (SSSR count). The standard InChI is InChI=1S/C25H25ClFN5O4S/c26-18-6-2-1-4-15(18)13-32(25(35)22-19(28)20(23(29)33)31-37-22)21(14-7-9-16(27)10-8-14)24(34)30-12-17-5-3-11-36-17/h1-2,4,6-10,17,21H,3,5,11-13,28H2,(H2,29,33)(H,30,34)/t17-,21+/m1/s1. The fourth-order valence-electron chi connectivity index (χ4n) is 4.08. The summed E-state index contributed by atoms with van der Waals surface area (Å²) < 4.78 is 23.3. The average molecular weight is 546 g/mol. The molecule has 12 heteroatoms. The van der Waals surface area contributed by atoms with Crippen molar-refractivity contribution >= 4 is 46.5 Å². The Bertz CT molecular complexity index is 1300. The minimum absolute atomic E-state index is 0.0557. The number of nitrogens with two attached hydrogens (primary N) is 2. The Morgan fingerprint density at radius 3 is 2.57 bits per heavy atom. The highest BCUT2D eigenvalue weighted by Crippen LogP contribution is 2.31. The number of ether oxygens (including phenoxy) is 1. The first-order chi connectivity index (χ1) is 17.8. The van der Waals surface area contributed by atoms with Crippen molar-refractivity contribution in [3.8, 4) is 0 Å². The molecule has 5 N–H and O–H groups in total. The van der Waals surface area contributed by atoms with Crippen LogP contribution in [-0.2, 0) is 16.1 Å². The van der Waals surface area contributed by atoms with E-state index in [0.29, 0.717) is 34.3 Å². The van der Waals surface area contributed by atoms with Crippen molar-refractivity contribution in [2.75, 3.05) is 18.9 Å². The number of amides is 3. The maximum atomic E-state index is 13.9. The molecule has 194 valence electrons. The molecule has 1 aliphatic heterocycles. The predicted octanol–water partition coefficient (Wildman–Crippen LogP) is 3.30. The number of carbonyl (C=O) groups excluding carboxylic acids is 3. The first-order valence-corrected chi connectivity index (χ1v) is 12.7. The van der Waals surface area contributed by atoms with E-state index >= 15 is 0 Å². The Kier molecular flexibility index (Phi) is 8.37. The molecule has 3 amide bonds. The van der Waals surface area contributed by atoms with Gasteiger partial charge in [-0.2, -0.15) is 4.37 Å². The second-order valence-electron chi connectivity index (χ2n) is 8.50. The molecular weight excluding hydrogens is 521 g/mol. The molecule has 3 aromatic rings. The number of nitrogens with zero attached hydrogens (tertiary/aromatic N) is 2. The average Bonchev–Trinajstić information content (AvgIpc) is 3.54. The van der Waals surface area contributed by atoms with E-state index in [2.05, 4.69) is 9.69 Å². The summed E-state index contributed by atoms with van der Waals surface area (Å²) in [5, 5.41) is 3.24. The monoisotopic (exact) mass is 545 g/mol. The maximum absolute atomic E-state index is 13.9. The molecule has 0 aliphatic carbocycles. The van der Waals surface area contributed by atoms with Gasteiger partial charge in [0.1, 0.15) is 16.7 Å². The van der Waals surface area contributed by atoms with Gasteiger partial charge in [0.15, 0.2) is 5.69 Å². The van der Waals surface area contributed by atoms with Crippen LogP contribution in [0, 0.1) is 5.82 Å². The predicted molar refractivity (Wildman–Crippen MR) is 137 cm³/mol. The summed E-state index contributed by atoms with van der Waals surface area (Å²) in [5.41, 5.74) is 11.9. The van der Waals surface area contributed by atoms with Crippen LogP contribution in [0.1, 0.15) is 50.2 Å². The topological polar surface area (TPSA) is 141 Å². The SMILES string of the molecule is NC(=O)c1nsc(C(=O)N(Cc2ccccc2Cl)[C@H](C(=O)NC[C@H]2CCCO2)c2ccc(F)cc2)c1N. The number of hydrogen-bond acceptors (Lipinski definition) is 7. The van der Waals surface area contributed by atoms with Crippen molar-refractivity contribution in [2.24, 2.45) is 5.73 Å². The van der Waals surface area contributed by atoms with Crippen LogP contribution in [0.4, 0.5) is 10.1 Å². The highest BCUT2D eigenvalue weighted by atomic mass is 35.5. The van der Waals surface area contributed by atoms with E-state index in [4.69, 9.17) is 27.8 Å². The number of hydrogen-bond donors (Lipinski definition) is 3. The van der Waals surface area contributed by atoms with E-state index in [9.17, 15) is 18.8 Å². The van der Waals surface area contributed by atoms with Crippen molar-refractivity contribution in [3.05, 3.63) is 81.1 Å². The number of halogens is 2. The third kappa shape index (κ3) is 6.07. The molecule has 0 spiro atoms. The molecule has 1 aliphatic rings. The largest absolute Gasteiger partial charge is 0.395 e. The molecule has 1 fully saturated rings. The molecule has 0 saturated carbocycles. The van der Waals surface area contributed by atoms with Crippen LogP contribution >= 0.6 is 23.1 Å². The molecule has 2 heterocycles. The van der Waals surface area contributed by atoms with E-state index in [1.807, 2.05) is 0 Å². The Balaban J connectivity index is 1.77. The van der Waals surface area contributed by atoms with Crippen LogP contribution in [0.15, 0.2) is 48.5 Å². The van der Waals surface area contributed by atoms with Crippen LogP contribution in [0.5, 0.6) is 0 Å². The molecule has 0 bridgehead atoms. The molecule has 0 unspecified atom stereocenters. The fourth-order valence-corrected chi connectivity index (χ4v) is 5.04. The number of aromatic nitrogens is 1. The second-order valence-corrected chi connectivity index (χ2v) is 9.68. The zero-order chi connectivity index (χ0) is 26.5. The van der Waals surface area contributed by atoms with Gasteiger partial charge in [-0.3, -0.25) is 14.4 Å². The lowest BCUT2D eigenvalue weighted by molar-refractivity contribution is -0.126. The summed E-state index contributed by atoms with van der Waals surface area (Å²) in [6, 6.07) is 11.0. The van der Waals surface area contributed by atoms with Gasteiger partial charge < -0.3 is 26.4 Å². The lowest BCUT2D eigenvalue weighted by Crippen LogP contribution is -2.45. The summed E-state index contributed by atoms with van der Waals surface area (Å²) in [4.78, 5) is 40.5. The van der Waals surface area contributed by atoms with Gasteiger partial charge in [-0.25, -0.2) is 4.39 Å². The van der Waals surface area contributed by atoms with E-state index in [1.165, 1.54) is 29.2 Å². The lowest BCUT2D eigenvalue weighted by atomic mass is 10.0. The number of benzene rings is 2. The Hall–Kier alpha value is -3.54. The number of nitrogen functional groups attached to an aromatic ring is 1. The molecule has 0 radical (unpaired) electrons. The minimum atomic E-state index is -1.19. The number of nitrogens with one attached hydrogen (secondary N) is 1. The quantitative estimate of drug-likeness (QED) is 0.377. The smallest absolute Gasteiger partial charge is 0.270 e. The Morgan fingerprint density at radius 2 is 1.95 bits per heavy atom. The zero-order valence-corrected chi connectivity index (χ0v) is 21.2. The van der Waals surface area contributed by atoms with E-state index in [-0.39, 0.29) is 35.5 Å². The van der Waals surface area contributed by atoms with Crippen LogP contribution < -0.4 is 16.8 Å². The number of rotatable bonds is 9. The zero-order valence-electron chi connectivity index (χ0n) is 19.7. The van der Waals surface area contributed by atoms with Crippen molar-refractivity contribution < 1.29 is 23.5 Å². The highest BCUT2D eigenvalue weighted by Gasteiger charge is 2.35. The van der Waals surface area contributed by atoms with Crippen molar-refractivity contribution in [2.45, 2.75) is 31.5 Å². The lowest BCUT2D eigenvalue weighted by Gasteiger charge is -2.32. The Labute approximate surface area is 221 Å². The normalized spacial score (nSPS) is 15.8. The van der Waals surface area contributed by atoms with Gasteiger partial charge in [0.25, 0.3) is 11.8 Å². The number of carbonyl (C=O) groups is 3. The summed E-state index contributed by atoms with van der Waals surface area (Å²) in [6.45, 7) is 0.780. The van der Waals surface area contributed by atoms with Crippen molar-refractivity contribution in [1.82, 2.24) is 14.6 Å². The highest BCUT2D eigenvalue weighted by molar-refractivity contribution is 7.09. The van der Waals surface area contributed by atoms with Gasteiger partial charge in [-0.05, 0) is 53.7 Å². The van der Waals surface area contributed by atoms with Gasteiger partial charge in [-0.15, -0.1) is 0 Å². The van der Waals surface area contributed by atoms with Gasteiger partial charge in [0, 0.05) is 24.7 Å². The van der Waals surface area contributed by atoms with Gasteiger partial charge >= 0.3 is 0 Å².